The minimum Gasteiger partial charge on any atom is -0.465 e. The third kappa shape index (κ3) is 17.5. The van der Waals surface area contributed by atoms with Crippen LogP contribution in [0.15, 0.2) is 53.4 Å². The van der Waals surface area contributed by atoms with E-state index in [2.05, 4.69) is 54.0 Å². The summed E-state index contributed by atoms with van der Waals surface area (Å²) in [7, 11) is -9.92. The number of ether oxygens (including phenoxy) is 4. The zero-order chi connectivity index (χ0) is 39.2. The summed E-state index contributed by atoms with van der Waals surface area (Å²) in [6.07, 6.45) is -2.02. The monoisotopic (exact) mass is 804 g/mol. The van der Waals surface area contributed by atoms with Crippen LogP contribution < -0.4 is 19.5 Å². The van der Waals surface area contributed by atoms with Crippen LogP contribution in [-0.2, 0) is 40.9 Å². The predicted octanol–water partition coefficient (Wildman–Crippen LogP) is 5.48. The van der Waals surface area contributed by atoms with Crippen molar-refractivity contribution in [2.75, 3.05) is 51.7 Å². The number of nitrogens with zero attached hydrogens (tertiary/aromatic N) is 1. The second-order valence-corrected chi connectivity index (χ2v) is 30.3. The fourth-order valence-electron chi connectivity index (χ4n) is 4.81. The smallest absolute Gasteiger partial charge is 0.404 e. The molecule has 0 aliphatic heterocycles. The summed E-state index contributed by atoms with van der Waals surface area (Å²) in [5, 5.41) is 12.4. The molecule has 0 unspecified atom stereocenters. The lowest BCUT2D eigenvalue weighted by atomic mass is 10.0. The summed E-state index contributed by atoms with van der Waals surface area (Å²) in [4.78, 5) is 11.8. The minimum absolute atomic E-state index is 0.0601. The van der Waals surface area contributed by atoms with Gasteiger partial charge in [0.2, 0.25) is 10.0 Å². The molecule has 0 aliphatic rings. The number of amides is 1. The van der Waals surface area contributed by atoms with Gasteiger partial charge >= 0.3 is 6.09 Å². The van der Waals surface area contributed by atoms with Gasteiger partial charge in [-0.2, -0.15) is 12.7 Å². The fourth-order valence-corrected chi connectivity index (χ4v) is 8.52. The molecule has 0 fully saturated rings. The van der Waals surface area contributed by atoms with Crippen molar-refractivity contribution in [3.8, 4) is 5.75 Å². The molecule has 2 atom stereocenters. The van der Waals surface area contributed by atoms with Gasteiger partial charge in [0.1, 0.15) is 12.5 Å². The number of rotatable bonds is 25. The third-order valence-corrected chi connectivity index (χ3v) is 14.0. The molecule has 18 heteroatoms. The van der Waals surface area contributed by atoms with E-state index in [4.69, 9.17) is 18.9 Å². The van der Waals surface area contributed by atoms with E-state index < -0.39 is 54.6 Å². The van der Waals surface area contributed by atoms with Gasteiger partial charge in [-0.3, -0.25) is 4.72 Å². The molecule has 0 saturated heterocycles. The highest BCUT2D eigenvalue weighted by molar-refractivity contribution is 7.90. The SMILES string of the molecule is CNS(=O)(=O)Nc1cc(S(=O)(=O)N(CC(C)C)C[C@H](OCOCC[Si](C)(C)C)[C@H](Cc2ccccc2)NC(=O)O)ccc1OCOCC[Si](C)(C)C. The second-order valence-electron chi connectivity index (χ2n) is 15.5. The van der Waals surface area contributed by atoms with Crippen LogP contribution in [0.1, 0.15) is 19.4 Å². The number of sulfonamides is 1. The second kappa shape index (κ2) is 20.8. The van der Waals surface area contributed by atoms with E-state index in [0.29, 0.717) is 13.2 Å². The van der Waals surface area contributed by atoms with E-state index >= 15 is 0 Å². The van der Waals surface area contributed by atoms with Crippen molar-refractivity contribution in [1.82, 2.24) is 14.3 Å². The van der Waals surface area contributed by atoms with E-state index in [0.717, 1.165) is 17.7 Å². The number of benzene rings is 2. The molecule has 296 valence electrons. The highest BCUT2D eigenvalue weighted by Crippen LogP contribution is 2.31. The Labute approximate surface area is 313 Å². The average molecular weight is 805 g/mol. The average Bonchev–Trinajstić information content (AvgIpc) is 3.02. The van der Waals surface area contributed by atoms with Crippen LogP contribution in [-0.4, -0.2) is 108 Å². The Morgan fingerprint density at radius 2 is 1.46 bits per heavy atom. The van der Waals surface area contributed by atoms with E-state index in [1.165, 1.54) is 29.6 Å². The Balaban J connectivity index is 2.51. The van der Waals surface area contributed by atoms with Gasteiger partial charge in [-0.05, 0) is 48.2 Å². The Hall–Kier alpha value is -2.56. The molecular formula is C34H60N4O10S2Si2. The molecule has 14 nitrogen and oxygen atoms in total. The molecule has 0 aliphatic carbocycles. The van der Waals surface area contributed by atoms with Crippen molar-refractivity contribution in [3.63, 3.8) is 0 Å². The van der Waals surface area contributed by atoms with Gasteiger partial charge in [-0.15, -0.1) is 0 Å². The normalized spacial score (nSPS) is 14.0. The number of nitrogens with one attached hydrogen (secondary N) is 3. The zero-order valence-corrected chi connectivity index (χ0v) is 35.7. The summed E-state index contributed by atoms with van der Waals surface area (Å²) in [6, 6.07) is 14.1. The highest BCUT2D eigenvalue weighted by Gasteiger charge is 2.34. The number of carboxylic acid groups (broad SMARTS) is 1. The first kappa shape index (κ1) is 45.6. The summed E-state index contributed by atoms with van der Waals surface area (Å²) < 4.78 is 83.1. The number of hydrogen-bond acceptors (Lipinski definition) is 9. The van der Waals surface area contributed by atoms with Crippen molar-refractivity contribution >= 4 is 48.2 Å². The van der Waals surface area contributed by atoms with Crippen molar-refractivity contribution < 1.29 is 45.7 Å². The molecule has 4 N–H and O–H groups in total. The van der Waals surface area contributed by atoms with Crippen LogP contribution in [0, 0.1) is 5.92 Å². The largest absolute Gasteiger partial charge is 0.465 e. The minimum atomic E-state index is -4.32. The molecule has 52 heavy (non-hydrogen) atoms. The first-order valence-electron chi connectivity index (χ1n) is 17.4. The first-order chi connectivity index (χ1) is 24.1. The lowest BCUT2D eigenvalue weighted by Gasteiger charge is -2.33. The molecule has 0 radical (unpaired) electrons. The lowest BCUT2D eigenvalue weighted by Crippen LogP contribution is -2.52. The molecule has 0 heterocycles. The molecule has 2 rings (SSSR count). The van der Waals surface area contributed by atoms with Crippen molar-refractivity contribution in [1.29, 1.82) is 0 Å². The highest BCUT2D eigenvalue weighted by atomic mass is 32.2. The van der Waals surface area contributed by atoms with E-state index in [9.17, 15) is 26.7 Å². The van der Waals surface area contributed by atoms with E-state index in [1.807, 2.05) is 44.2 Å². The van der Waals surface area contributed by atoms with Gasteiger partial charge in [-0.25, -0.2) is 17.9 Å². The van der Waals surface area contributed by atoms with Gasteiger partial charge in [0.05, 0.1) is 22.7 Å². The van der Waals surface area contributed by atoms with E-state index in [1.54, 1.807) is 0 Å². The maximum atomic E-state index is 14.4. The Bertz CT molecular complexity index is 1600. The summed E-state index contributed by atoms with van der Waals surface area (Å²) in [6.45, 7) is 17.5. The molecule has 2 aromatic rings. The van der Waals surface area contributed by atoms with Crippen LogP contribution in [0.5, 0.6) is 5.75 Å². The van der Waals surface area contributed by atoms with Crippen LogP contribution >= 0.6 is 0 Å². The van der Waals surface area contributed by atoms with Gasteiger partial charge in [0, 0.05) is 49.5 Å². The van der Waals surface area contributed by atoms with Gasteiger partial charge in [-0.1, -0.05) is 83.5 Å². The molecular weight excluding hydrogens is 745 g/mol. The molecule has 0 saturated carbocycles. The fraction of sp³-hybridized carbons (Fsp3) is 0.618. The van der Waals surface area contributed by atoms with Crippen LogP contribution in [0.2, 0.25) is 51.4 Å². The predicted molar refractivity (Wildman–Crippen MR) is 210 cm³/mol. The quantitative estimate of drug-likeness (QED) is 0.0571. The van der Waals surface area contributed by atoms with Gasteiger partial charge < -0.3 is 29.4 Å². The first-order valence-corrected chi connectivity index (χ1v) is 27.7. The van der Waals surface area contributed by atoms with Gasteiger partial charge in [0.15, 0.2) is 6.79 Å². The molecule has 2 aromatic carbocycles. The van der Waals surface area contributed by atoms with Crippen molar-refractivity contribution in [3.05, 3.63) is 54.1 Å². The molecule has 0 bridgehead atoms. The summed E-state index contributed by atoms with van der Waals surface area (Å²) in [5.41, 5.74) is 0.723. The molecule has 0 spiro atoms. The Kier molecular flexibility index (Phi) is 18.2. The number of anilines is 1. The number of hydrogen-bond donors (Lipinski definition) is 4. The van der Waals surface area contributed by atoms with Crippen molar-refractivity contribution in [2.24, 2.45) is 5.92 Å². The van der Waals surface area contributed by atoms with Gasteiger partial charge in [0.25, 0.3) is 10.2 Å². The summed E-state index contributed by atoms with van der Waals surface area (Å²) in [5.74, 6) is -0.0620. The third-order valence-electron chi connectivity index (χ3n) is 7.77. The van der Waals surface area contributed by atoms with Crippen LogP contribution in [0.4, 0.5) is 10.5 Å². The topological polar surface area (TPSA) is 182 Å². The van der Waals surface area contributed by atoms with E-state index in [-0.39, 0.29) is 55.3 Å². The Morgan fingerprint density at radius 1 is 0.865 bits per heavy atom. The molecule has 1 amide bonds. The van der Waals surface area contributed by atoms with Crippen molar-refractivity contribution in [2.45, 2.75) is 88.7 Å². The van der Waals surface area contributed by atoms with Crippen LogP contribution in [0.25, 0.3) is 0 Å². The summed E-state index contributed by atoms with van der Waals surface area (Å²) >= 11 is 0. The number of carbonyl (C=O) groups is 1. The maximum Gasteiger partial charge on any atom is 0.404 e. The lowest BCUT2D eigenvalue weighted by molar-refractivity contribution is -0.0993. The standard InChI is InChI=1S/C34H60N4O10S2Si2/c1-27(2)23-38(24-33(48-26-46-18-20-52(7,8)9)30(36-34(39)40)21-28-13-11-10-12-14-28)49(41,42)29-15-16-32(31(22-29)37-50(43,44)35-3)47-25-45-17-19-51(4,5)6/h10-16,22,27,30,33,35-37H,17-21,23-26H2,1-9H3,(H,39,40)/t30-,33-/m0/s1. The Morgan fingerprint density at radius 3 is 2.00 bits per heavy atom. The van der Waals surface area contributed by atoms with Crippen LogP contribution in [0.3, 0.4) is 0 Å². The molecule has 0 aromatic heterocycles. The zero-order valence-electron chi connectivity index (χ0n) is 32.1. The maximum absolute atomic E-state index is 14.4.